The molecular weight excluding hydrogens is 410 g/mol. The van der Waals surface area contributed by atoms with E-state index in [0.29, 0.717) is 18.2 Å². The Kier molecular flexibility index (Phi) is 6.18. The molecule has 0 aliphatic rings. The van der Waals surface area contributed by atoms with Crippen LogP contribution in [0, 0.1) is 0 Å². The van der Waals surface area contributed by atoms with Gasteiger partial charge in [0.15, 0.2) is 0 Å². The number of halogens is 2. The Morgan fingerprint density at radius 1 is 1.35 bits per heavy atom. The van der Waals surface area contributed by atoms with E-state index in [0.717, 1.165) is 16.0 Å². The standard InChI is InChI=1S/C12H13Br2N3O2S/c13-8-1-3-10(4-2-8)19-5-9(14)6-20-7-11-15-12(18)17-16-11/h1-4,9H,5-7H2,(H2,15,16,17,18). The summed E-state index contributed by atoms with van der Waals surface area (Å²) in [7, 11) is 0. The van der Waals surface area contributed by atoms with E-state index in [1.807, 2.05) is 24.3 Å². The number of benzene rings is 1. The minimum Gasteiger partial charge on any atom is -0.492 e. The molecule has 8 heteroatoms. The van der Waals surface area contributed by atoms with Crippen LogP contribution in [-0.2, 0) is 5.75 Å². The fraction of sp³-hybridized carbons (Fsp3) is 0.333. The molecule has 20 heavy (non-hydrogen) atoms. The number of aromatic amines is 2. The summed E-state index contributed by atoms with van der Waals surface area (Å²) in [6, 6.07) is 7.74. The van der Waals surface area contributed by atoms with Crippen molar-refractivity contribution >= 4 is 43.6 Å². The summed E-state index contributed by atoms with van der Waals surface area (Å²) in [6.45, 7) is 0.589. The Morgan fingerprint density at radius 2 is 2.10 bits per heavy atom. The average molecular weight is 423 g/mol. The normalized spacial score (nSPS) is 12.3. The van der Waals surface area contributed by atoms with Gasteiger partial charge in [0.05, 0.1) is 10.6 Å². The third-order valence-electron chi connectivity index (χ3n) is 2.33. The van der Waals surface area contributed by atoms with Gasteiger partial charge in [0.2, 0.25) is 0 Å². The first-order valence-corrected chi connectivity index (χ1v) is 8.73. The molecule has 0 saturated carbocycles. The van der Waals surface area contributed by atoms with Gasteiger partial charge in [-0.05, 0) is 24.3 Å². The van der Waals surface area contributed by atoms with E-state index in [1.165, 1.54) is 0 Å². The molecular formula is C12H13Br2N3O2S. The zero-order chi connectivity index (χ0) is 14.4. The van der Waals surface area contributed by atoms with Crippen LogP contribution in [0.3, 0.4) is 0 Å². The van der Waals surface area contributed by atoms with Crippen molar-refractivity contribution in [2.45, 2.75) is 10.6 Å². The van der Waals surface area contributed by atoms with Crippen LogP contribution in [0.1, 0.15) is 5.82 Å². The lowest BCUT2D eigenvalue weighted by Gasteiger charge is -2.11. The Morgan fingerprint density at radius 3 is 2.75 bits per heavy atom. The van der Waals surface area contributed by atoms with Gasteiger partial charge in [0, 0.05) is 10.2 Å². The molecule has 0 aliphatic heterocycles. The third-order valence-corrected chi connectivity index (χ3v) is 4.99. The van der Waals surface area contributed by atoms with Crippen molar-refractivity contribution in [1.29, 1.82) is 0 Å². The number of ether oxygens (including phenoxy) is 1. The molecule has 5 nitrogen and oxygen atoms in total. The molecule has 0 aliphatic carbocycles. The minimum atomic E-state index is -0.269. The SMILES string of the molecule is O=c1[nH]nc(CSCC(Br)COc2ccc(Br)cc2)[nH]1. The molecule has 2 rings (SSSR count). The molecule has 1 atom stereocenters. The molecule has 2 aromatic rings. The van der Waals surface area contributed by atoms with E-state index in [9.17, 15) is 4.79 Å². The number of nitrogens with zero attached hydrogens (tertiary/aromatic N) is 1. The average Bonchev–Trinajstić information content (AvgIpc) is 2.84. The minimum absolute atomic E-state index is 0.238. The maximum Gasteiger partial charge on any atom is 0.340 e. The van der Waals surface area contributed by atoms with E-state index in [1.54, 1.807) is 11.8 Å². The zero-order valence-corrected chi connectivity index (χ0v) is 14.4. The van der Waals surface area contributed by atoms with Crippen molar-refractivity contribution in [2.24, 2.45) is 0 Å². The molecule has 2 N–H and O–H groups in total. The summed E-state index contributed by atoms with van der Waals surface area (Å²) in [5, 5.41) is 6.19. The first kappa shape index (κ1) is 15.7. The Hall–Kier alpha value is -0.730. The number of hydrogen-bond acceptors (Lipinski definition) is 4. The molecule has 1 unspecified atom stereocenters. The maximum atomic E-state index is 10.9. The number of aromatic nitrogens is 3. The van der Waals surface area contributed by atoms with Gasteiger partial charge in [-0.25, -0.2) is 9.89 Å². The summed E-state index contributed by atoms with van der Waals surface area (Å²) in [6.07, 6.45) is 0. The van der Waals surface area contributed by atoms with Gasteiger partial charge in [-0.3, -0.25) is 4.98 Å². The highest BCUT2D eigenvalue weighted by Crippen LogP contribution is 2.18. The van der Waals surface area contributed by atoms with E-state index < -0.39 is 0 Å². The van der Waals surface area contributed by atoms with Gasteiger partial charge in [0.1, 0.15) is 18.2 Å². The molecule has 108 valence electrons. The molecule has 0 spiro atoms. The highest BCUT2D eigenvalue weighted by molar-refractivity contribution is 9.10. The summed E-state index contributed by atoms with van der Waals surface area (Å²) in [5.74, 6) is 3.04. The van der Waals surface area contributed by atoms with Gasteiger partial charge in [0.25, 0.3) is 0 Å². The topological polar surface area (TPSA) is 70.8 Å². The predicted molar refractivity (Wildman–Crippen MR) is 87.7 cm³/mol. The van der Waals surface area contributed by atoms with Crippen LogP contribution in [0.25, 0.3) is 0 Å². The van der Waals surface area contributed by atoms with Crippen LogP contribution in [0.15, 0.2) is 33.5 Å². The van der Waals surface area contributed by atoms with Crippen LogP contribution in [0.2, 0.25) is 0 Å². The van der Waals surface area contributed by atoms with Crippen molar-refractivity contribution < 1.29 is 4.74 Å². The molecule has 1 aromatic heterocycles. The molecule has 1 aromatic carbocycles. The smallest absolute Gasteiger partial charge is 0.340 e. The number of H-pyrrole nitrogens is 2. The highest BCUT2D eigenvalue weighted by atomic mass is 79.9. The fourth-order valence-corrected chi connectivity index (χ4v) is 3.18. The van der Waals surface area contributed by atoms with E-state index >= 15 is 0 Å². The first-order chi connectivity index (χ1) is 9.63. The van der Waals surface area contributed by atoms with Crippen molar-refractivity contribution in [3.63, 3.8) is 0 Å². The van der Waals surface area contributed by atoms with Gasteiger partial charge in [-0.2, -0.15) is 16.9 Å². The number of thioether (sulfide) groups is 1. The summed E-state index contributed by atoms with van der Waals surface area (Å²) in [4.78, 5) is 13.7. The number of hydrogen-bond donors (Lipinski definition) is 2. The lowest BCUT2D eigenvalue weighted by Crippen LogP contribution is -2.14. The van der Waals surface area contributed by atoms with Crippen LogP contribution in [0.5, 0.6) is 5.75 Å². The second kappa shape index (κ2) is 7.90. The number of alkyl halides is 1. The fourth-order valence-electron chi connectivity index (χ4n) is 1.42. The van der Waals surface area contributed by atoms with Gasteiger partial charge in [-0.1, -0.05) is 31.9 Å². The van der Waals surface area contributed by atoms with Crippen molar-refractivity contribution in [2.75, 3.05) is 12.4 Å². The van der Waals surface area contributed by atoms with E-state index in [-0.39, 0.29) is 10.5 Å². The zero-order valence-electron chi connectivity index (χ0n) is 10.4. The van der Waals surface area contributed by atoms with Crippen LogP contribution in [0.4, 0.5) is 0 Å². The monoisotopic (exact) mass is 421 g/mol. The molecule has 1 heterocycles. The van der Waals surface area contributed by atoms with Crippen LogP contribution < -0.4 is 10.4 Å². The Bertz CT molecular complexity index is 585. The van der Waals surface area contributed by atoms with E-state index in [4.69, 9.17) is 4.74 Å². The summed E-state index contributed by atoms with van der Waals surface area (Å²) in [5.41, 5.74) is -0.269. The largest absolute Gasteiger partial charge is 0.492 e. The third kappa shape index (κ3) is 5.34. The van der Waals surface area contributed by atoms with Crippen molar-refractivity contribution in [1.82, 2.24) is 15.2 Å². The Balaban J connectivity index is 1.66. The highest BCUT2D eigenvalue weighted by Gasteiger charge is 2.07. The molecule has 0 fully saturated rings. The van der Waals surface area contributed by atoms with Crippen LogP contribution >= 0.6 is 43.6 Å². The second-order valence-corrected chi connectivity index (χ2v) is 7.24. The van der Waals surface area contributed by atoms with Crippen molar-refractivity contribution in [3.8, 4) is 5.75 Å². The van der Waals surface area contributed by atoms with Gasteiger partial charge < -0.3 is 4.74 Å². The van der Waals surface area contributed by atoms with E-state index in [2.05, 4.69) is 47.0 Å². The Labute approximate surface area is 137 Å². The maximum absolute atomic E-state index is 10.9. The van der Waals surface area contributed by atoms with Crippen molar-refractivity contribution in [3.05, 3.63) is 45.0 Å². The molecule has 0 saturated heterocycles. The predicted octanol–water partition coefficient (Wildman–Crippen LogP) is 2.94. The number of rotatable bonds is 7. The molecule has 0 bridgehead atoms. The van der Waals surface area contributed by atoms with Crippen LogP contribution in [-0.4, -0.2) is 32.4 Å². The quantitative estimate of drug-likeness (QED) is 0.673. The lowest BCUT2D eigenvalue weighted by atomic mass is 10.3. The second-order valence-electron chi connectivity index (χ2n) is 4.00. The number of nitrogens with one attached hydrogen (secondary N) is 2. The van der Waals surface area contributed by atoms with Gasteiger partial charge >= 0.3 is 5.69 Å². The van der Waals surface area contributed by atoms with Gasteiger partial charge in [-0.15, -0.1) is 0 Å². The first-order valence-electron chi connectivity index (χ1n) is 5.87. The summed E-state index contributed by atoms with van der Waals surface area (Å²) >= 11 is 8.63. The summed E-state index contributed by atoms with van der Waals surface area (Å²) < 4.78 is 6.70. The lowest BCUT2D eigenvalue weighted by molar-refractivity contribution is 0.325. The molecule has 0 amide bonds. The molecule has 0 radical (unpaired) electrons.